The Labute approximate surface area is 107 Å². The molecule has 1 saturated heterocycles. The smallest absolute Gasteiger partial charge is 0.169 e. The standard InChI is InChI=1S/C15H18O3/c16-14(10-12-5-1-2-8-17-12)13-6-3-4-11-7-9-18-15(11)13/h3-4,6,12H,1-2,5,7-10H2. The zero-order chi connectivity index (χ0) is 12.4. The molecular weight excluding hydrogens is 228 g/mol. The van der Waals surface area contributed by atoms with E-state index in [1.54, 1.807) is 0 Å². The van der Waals surface area contributed by atoms with E-state index in [-0.39, 0.29) is 11.9 Å². The Balaban J connectivity index is 1.74. The summed E-state index contributed by atoms with van der Waals surface area (Å²) in [6, 6.07) is 5.86. The molecule has 96 valence electrons. The number of hydrogen-bond acceptors (Lipinski definition) is 3. The summed E-state index contributed by atoms with van der Waals surface area (Å²) in [5, 5.41) is 0. The monoisotopic (exact) mass is 246 g/mol. The summed E-state index contributed by atoms with van der Waals surface area (Å²) in [6.45, 7) is 1.49. The van der Waals surface area contributed by atoms with E-state index < -0.39 is 0 Å². The van der Waals surface area contributed by atoms with E-state index in [0.717, 1.165) is 42.7 Å². The number of fused-ring (bicyclic) bond motifs is 1. The van der Waals surface area contributed by atoms with Gasteiger partial charge < -0.3 is 9.47 Å². The highest BCUT2D eigenvalue weighted by molar-refractivity contribution is 5.99. The average molecular weight is 246 g/mol. The molecular formula is C15H18O3. The lowest BCUT2D eigenvalue weighted by atomic mass is 9.98. The maximum absolute atomic E-state index is 12.3. The van der Waals surface area contributed by atoms with E-state index in [1.807, 2.05) is 18.2 Å². The van der Waals surface area contributed by atoms with Gasteiger partial charge in [-0.1, -0.05) is 12.1 Å². The largest absolute Gasteiger partial charge is 0.492 e. The molecule has 1 fully saturated rings. The number of ketones is 1. The van der Waals surface area contributed by atoms with Crippen molar-refractivity contribution in [1.29, 1.82) is 0 Å². The minimum absolute atomic E-state index is 0.100. The molecule has 3 heteroatoms. The van der Waals surface area contributed by atoms with Crippen molar-refractivity contribution >= 4 is 5.78 Å². The molecule has 1 aromatic rings. The van der Waals surface area contributed by atoms with Gasteiger partial charge in [-0.2, -0.15) is 0 Å². The van der Waals surface area contributed by atoms with Gasteiger partial charge in [0.15, 0.2) is 5.78 Å². The van der Waals surface area contributed by atoms with Crippen molar-refractivity contribution in [3.05, 3.63) is 29.3 Å². The highest BCUT2D eigenvalue weighted by atomic mass is 16.5. The fraction of sp³-hybridized carbons (Fsp3) is 0.533. The van der Waals surface area contributed by atoms with E-state index in [4.69, 9.17) is 9.47 Å². The predicted molar refractivity (Wildman–Crippen MR) is 68.2 cm³/mol. The molecule has 0 spiro atoms. The van der Waals surface area contributed by atoms with Gasteiger partial charge in [-0.25, -0.2) is 0 Å². The summed E-state index contributed by atoms with van der Waals surface area (Å²) in [5.74, 6) is 0.957. The molecule has 0 amide bonds. The van der Waals surface area contributed by atoms with Gasteiger partial charge in [0.1, 0.15) is 5.75 Å². The van der Waals surface area contributed by atoms with E-state index >= 15 is 0 Å². The lowest BCUT2D eigenvalue weighted by Crippen LogP contribution is -2.22. The molecule has 1 atom stereocenters. The summed E-state index contributed by atoms with van der Waals surface area (Å²) < 4.78 is 11.2. The number of Topliss-reactive ketones (excluding diaryl/α,β-unsaturated/α-hetero) is 1. The van der Waals surface area contributed by atoms with Crippen LogP contribution < -0.4 is 4.74 Å². The molecule has 0 N–H and O–H groups in total. The number of rotatable bonds is 3. The van der Waals surface area contributed by atoms with E-state index in [2.05, 4.69) is 0 Å². The Hall–Kier alpha value is -1.35. The minimum Gasteiger partial charge on any atom is -0.492 e. The van der Waals surface area contributed by atoms with E-state index in [9.17, 15) is 4.79 Å². The molecule has 3 nitrogen and oxygen atoms in total. The zero-order valence-corrected chi connectivity index (χ0v) is 10.5. The molecule has 0 bridgehead atoms. The number of hydrogen-bond donors (Lipinski definition) is 0. The van der Waals surface area contributed by atoms with Gasteiger partial charge in [0.05, 0.1) is 18.3 Å². The quantitative estimate of drug-likeness (QED) is 0.769. The van der Waals surface area contributed by atoms with Gasteiger partial charge in [0, 0.05) is 19.4 Å². The van der Waals surface area contributed by atoms with E-state index in [0.29, 0.717) is 13.0 Å². The molecule has 1 aromatic carbocycles. The summed E-state index contributed by atoms with van der Waals surface area (Å²) in [6.07, 6.45) is 4.79. The molecule has 1 unspecified atom stereocenters. The summed E-state index contributed by atoms with van der Waals surface area (Å²) >= 11 is 0. The van der Waals surface area contributed by atoms with Crippen LogP contribution in [0, 0.1) is 0 Å². The van der Waals surface area contributed by atoms with Crippen molar-refractivity contribution in [3.8, 4) is 5.75 Å². The number of ether oxygens (including phenoxy) is 2. The fourth-order valence-electron chi connectivity index (χ4n) is 2.72. The molecule has 18 heavy (non-hydrogen) atoms. The van der Waals surface area contributed by atoms with Crippen LogP contribution in [0.25, 0.3) is 0 Å². The van der Waals surface area contributed by atoms with E-state index in [1.165, 1.54) is 6.42 Å². The number of carbonyl (C=O) groups is 1. The van der Waals surface area contributed by atoms with Gasteiger partial charge in [0.2, 0.25) is 0 Å². The number of benzene rings is 1. The number of carbonyl (C=O) groups excluding carboxylic acids is 1. The first-order chi connectivity index (χ1) is 8.84. The first-order valence-electron chi connectivity index (χ1n) is 6.74. The third-order valence-electron chi connectivity index (χ3n) is 3.70. The molecule has 0 radical (unpaired) electrons. The Morgan fingerprint density at radius 3 is 3.06 bits per heavy atom. The molecule has 0 saturated carbocycles. The number of para-hydroxylation sites is 1. The molecule has 3 rings (SSSR count). The van der Waals surface area contributed by atoms with Crippen LogP contribution >= 0.6 is 0 Å². The second-order valence-corrected chi connectivity index (χ2v) is 5.01. The zero-order valence-electron chi connectivity index (χ0n) is 10.5. The second kappa shape index (κ2) is 5.11. The molecule has 2 heterocycles. The van der Waals surface area contributed by atoms with Crippen molar-refractivity contribution in [2.45, 2.75) is 38.2 Å². The summed E-state index contributed by atoms with van der Waals surface area (Å²) in [5.41, 5.74) is 1.89. The van der Waals surface area contributed by atoms with Crippen LogP contribution in [0.1, 0.15) is 41.6 Å². The Morgan fingerprint density at radius 2 is 2.22 bits per heavy atom. The van der Waals surface area contributed by atoms with Crippen LogP contribution in [0.4, 0.5) is 0 Å². The predicted octanol–water partition coefficient (Wildman–Crippen LogP) is 2.76. The third-order valence-corrected chi connectivity index (χ3v) is 3.70. The van der Waals surface area contributed by atoms with Gasteiger partial charge in [-0.15, -0.1) is 0 Å². The van der Waals surface area contributed by atoms with Crippen molar-refractivity contribution in [3.63, 3.8) is 0 Å². The average Bonchev–Trinajstić information content (AvgIpc) is 2.87. The lowest BCUT2D eigenvalue weighted by molar-refractivity contribution is 0.0128. The van der Waals surface area contributed by atoms with Crippen LogP contribution in [-0.2, 0) is 11.2 Å². The normalized spacial score (nSPS) is 22.3. The first kappa shape index (κ1) is 11.7. The molecule has 0 aromatic heterocycles. The van der Waals surface area contributed by atoms with Crippen LogP contribution in [0.2, 0.25) is 0 Å². The highest BCUT2D eigenvalue weighted by Crippen LogP contribution is 2.31. The third kappa shape index (κ3) is 2.27. The van der Waals surface area contributed by atoms with Crippen LogP contribution in [-0.4, -0.2) is 25.1 Å². The van der Waals surface area contributed by atoms with Crippen LogP contribution in [0.3, 0.4) is 0 Å². The Kier molecular flexibility index (Phi) is 3.33. The van der Waals surface area contributed by atoms with Crippen LogP contribution in [0.15, 0.2) is 18.2 Å². The maximum atomic E-state index is 12.3. The van der Waals surface area contributed by atoms with Crippen molar-refractivity contribution < 1.29 is 14.3 Å². The Morgan fingerprint density at radius 1 is 1.28 bits per heavy atom. The topological polar surface area (TPSA) is 35.5 Å². The van der Waals surface area contributed by atoms with Gasteiger partial charge in [-0.3, -0.25) is 4.79 Å². The van der Waals surface area contributed by atoms with Gasteiger partial charge >= 0.3 is 0 Å². The lowest BCUT2D eigenvalue weighted by Gasteiger charge is -2.22. The van der Waals surface area contributed by atoms with Crippen LogP contribution in [0.5, 0.6) is 5.75 Å². The summed E-state index contributed by atoms with van der Waals surface area (Å²) in [4.78, 5) is 12.3. The van der Waals surface area contributed by atoms with Crippen molar-refractivity contribution in [1.82, 2.24) is 0 Å². The minimum atomic E-state index is 0.100. The Bertz CT molecular complexity index is 447. The van der Waals surface area contributed by atoms with Crippen molar-refractivity contribution in [2.24, 2.45) is 0 Å². The van der Waals surface area contributed by atoms with Gasteiger partial charge in [-0.05, 0) is 30.9 Å². The highest BCUT2D eigenvalue weighted by Gasteiger charge is 2.24. The van der Waals surface area contributed by atoms with Gasteiger partial charge in [0.25, 0.3) is 0 Å². The first-order valence-corrected chi connectivity index (χ1v) is 6.74. The molecule has 0 aliphatic carbocycles. The molecule has 2 aliphatic heterocycles. The SMILES string of the molecule is O=C(CC1CCCCO1)c1cccc2c1OCC2. The maximum Gasteiger partial charge on any atom is 0.169 e. The second-order valence-electron chi connectivity index (χ2n) is 5.01. The molecule has 2 aliphatic rings. The summed E-state index contributed by atoms with van der Waals surface area (Å²) in [7, 11) is 0. The van der Waals surface area contributed by atoms with Crippen molar-refractivity contribution in [2.75, 3.05) is 13.2 Å². The fourth-order valence-corrected chi connectivity index (χ4v) is 2.72.